The summed E-state index contributed by atoms with van der Waals surface area (Å²) in [5, 5.41) is 6.07. The van der Waals surface area contributed by atoms with Gasteiger partial charge in [-0.05, 0) is 82.4 Å². The van der Waals surface area contributed by atoms with Crippen molar-refractivity contribution in [1.29, 1.82) is 0 Å². The number of benzene rings is 2. The van der Waals surface area contributed by atoms with Crippen molar-refractivity contribution >= 4 is 40.7 Å². The fourth-order valence-corrected chi connectivity index (χ4v) is 5.32. The first-order valence-corrected chi connectivity index (χ1v) is 14.3. The van der Waals surface area contributed by atoms with Crippen LogP contribution < -0.4 is 15.5 Å². The van der Waals surface area contributed by atoms with Gasteiger partial charge in [0.1, 0.15) is 11.0 Å². The van der Waals surface area contributed by atoms with Crippen LogP contribution in [0.3, 0.4) is 0 Å². The number of nitrogens with zero attached hydrogens (tertiary/aromatic N) is 5. The van der Waals surface area contributed by atoms with E-state index >= 15 is 0 Å². The van der Waals surface area contributed by atoms with Gasteiger partial charge in [0.2, 0.25) is 0 Å². The number of likely N-dealkylation sites (tertiary alicyclic amines) is 1. The van der Waals surface area contributed by atoms with E-state index in [1.165, 1.54) is 0 Å². The monoisotopic (exact) mass is 577 g/mol. The van der Waals surface area contributed by atoms with Gasteiger partial charge in [0, 0.05) is 60.3 Å². The lowest BCUT2D eigenvalue weighted by Gasteiger charge is -2.35. The van der Waals surface area contributed by atoms with Gasteiger partial charge in [-0.2, -0.15) is 0 Å². The first-order chi connectivity index (χ1) is 19.8. The van der Waals surface area contributed by atoms with Crippen LogP contribution in [0.25, 0.3) is 11.4 Å². The Morgan fingerprint density at radius 1 is 0.902 bits per heavy atom. The second-order valence-electron chi connectivity index (χ2n) is 10.6. The van der Waals surface area contributed by atoms with Crippen LogP contribution in [0.15, 0.2) is 48.5 Å². The highest BCUT2D eigenvalue weighted by Gasteiger charge is 2.24. The molecule has 0 aliphatic carbocycles. The minimum atomic E-state index is -0.383. The second-order valence-corrected chi connectivity index (χ2v) is 11.0. The zero-order valence-corrected chi connectivity index (χ0v) is 24.4. The minimum Gasteiger partial charge on any atom is -0.378 e. The molecular weight excluding hydrogens is 542 g/mol. The molecule has 0 bridgehead atoms. The number of piperidine rings is 1. The van der Waals surface area contributed by atoms with E-state index in [1.807, 2.05) is 24.0 Å². The van der Waals surface area contributed by atoms with Crippen molar-refractivity contribution in [1.82, 2.24) is 19.8 Å². The highest BCUT2D eigenvalue weighted by Crippen LogP contribution is 2.28. The second kappa shape index (κ2) is 12.8. The molecule has 10 nitrogen and oxygen atoms in total. The standard InChI is InChI=1S/C30H36ClN7O3/c1-20-26(31)34-27(35-28(20)37-16-18-41-19-17-37)21-4-8-23(9-5-21)32-30(40)33-24-10-6-22(7-11-24)29(39)38-14-12-25(13-15-38)36(2)3/h4-11,25H,12-19H2,1-3H3,(H2,32,33,40). The molecule has 0 saturated carbocycles. The van der Waals surface area contributed by atoms with E-state index < -0.39 is 0 Å². The average Bonchev–Trinajstić information content (AvgIpc) is 2.99. The third-order valence-corrected chi connectivity index (χ3v) is 8.01. The van der Waals surface area contributed by atoms with Crippen LogP contribution in [0.2, 0.25) is 5.15 Å². The van der Waals surface area contributed by atoms with Gasteiger partial charge in [-0.1, -0.05) is 11.6 Å². The summed E-state index contributed by atoms with van der Waals surface area (Å²) in [5.41, 5.74) is 3.46. The maximum atomic E-state index is 12.9. The van der Waals surface area contributed by atoms with Gasteiger partial charge in [0.25, 0.3) is 5.91 Å². The molecular formula is C30H36ClN7O3. The maximum Gasteiger partial charge on any atom is 0.323 e. The summed E-state index contributed by atoms with van der Waals surface area (Å²) in [6.45, 7) is 6.22. The van der Waals surface area contributed by atoms with E-state index in [4.69, 9.17) is 21.3 Å². The Balaban J connectivity index is 1.17. The van der Waals surface area contributed by atoms with Crippen molar-refractivity contribution in [2.75, 3.05) is 69.0 Å². The number of morpholine rings is 1. The highest BCUT2D eigenvalue weighted by molar-refractivity contribution is 6.30. The lowest BCUT2D eigenvalue weighted by atomic mass is 10.0. The Labute approximate surface area is 245 Å². The summed E-state index contributed by atoms with van der Waals surface area (Å²) in [7, 11) is 4.16. The van der Waals surface area contributed by atoms with E-state index in [1.54, 1.807) is 36.4 Å². The SMILES string of the molecule is Cc1c(Cl)nc(-c2ccc(NC(=O)Nc3ccc(C(=O)N4CCC(N(C)C)CC4)cc3)cc2)nc1N1CCOCC1. The predicted molar refractivity (Wildman–Crippen MR) is 162 cm³/mol. The van der Waals surface area contributed by atoms with E-state index in [2.05, 4.69) is 39.5 Å². The van der Waals surface area contributed by atoms with Crippen LogP contribution in [0.4, 0.5) is 22.0 Å². The smallest absolute Gasteiger partial charge is 0.323 e. The molecule has 3 amide bonds. The topological polar surface area (TPSA) is 103 Å². The van der Waals surface area contributed by atoms with Crippen LogP contribution in [-0.2, 0) is 4.74 Å². The van der Waals surface area contributed by atoms with Crippen molar-refractivity contribution < 1.29 is 14.3 Å². The fourth-order valence-electron chi connectivity index (χ4n) is 5.15. The van der Waals surface area contributed by atoms with Crippen LogP contribution in [0.5, 0.6) is 0 Å². The third kappa shape index (κ3) is 6.95. The quantitative estimate of drug-likeness (QED) is 0.407. The number of nitrogens with one attached hydrogen (secondary N) is 2. The molecule has 0 radical (unpaired) electrons. The summed E-state index contributed by atoms with van der Waals surface area (Å²) in [6, 6.07) is 14.4. The number of anilines is 3. The van der Waals surface area contributed by atoms with Gasteiger partial charge in [0.15, 0.2) is 5.82 Å². The number of hydrogen-bond acceptors (Lipinski definition) is 7. The molecule has 2 saturated heterocycles. The molecule has 2 fully saturated rings. The van der Waals surface area contributed by atoms with Gasteiger partial charge in [0.05, 0.1) is 13.2 Å². The zero-order valence-electron chi connectivity index (χ0n) is 23.7. The van der Waals surface area contributed by atoms with Crippen molar-refractivity contribution in [2.24, 2.45) is 0 Å². The van der Waals surface area contributed by atoms with Crippen LogP contribution in [-0.4, -0.2) is 91.2 Å². The molecule has 11 heteroatoms. The molecule has 2 aliphatic heterocycles. The Morgan fingerprint density at radius 2 is 1.49 bits per heavy atom. The number of hydrogen-bond donors (Lipinski definition) is 2. The normalized spacial score (nSPS) is 16.1. The number of urea groups is 1. The number of rotatable bonds is 6. The van der Waals surface area contributed by atoms with Crippen molar-refractivity contribution in [3.63, 3.8) is 0 Å². The molecule has 1 aromatic heterocycles. The van der Waals surface area contributed by atoms with E-state index in [0.717, 1.165) is 56.0 Å². The molecule has 3 aromatic rings. The largest absolute Gasteiger partial charge is 0.378 e. The van der Waals surface area contributed by atoms with Gasteiger partial charge < -0.3 is 30.1 Å². The minimum absolute atomic E-state index is 0.0224. The predicted octanol–water partition coefficient (Wildman–Crippen LogP) is 4.75. The van der Waals surface area contributed by atoms with Gasteiger partial charge >= 0.3 is 6.03 Å². The van der Waals surface area contributed by atoms with Crippen LogP contribution >= 0.6 is 11.6 Å². The average molecular weight is 578 g/mol. The van der Waals surface area contributed by atoms with Crippen molar-refractivity contribution in [3.8, 4) is 11.4 Å². The maximum absolute atomic E-state index is 12.9. The number of ether oxygens (including phenoxy) is 1. The third-order valence-electron chi connectivity index (χ3n) is 7.64. The molecule has 41 heavy (non-hydrogen) atoms. The first-order valence-electron chi connectivity index (χ1n) is 13.9. The Hall–Kier alpha value is -3.73. The summed E-state index contributed by atoms with van der Waals surface area (Å²) >= 11 is 6.45. The van der Waals surface area contributed by atoms with Gasteiger partial charge in [-0.25, -0.2) is 14.8 Å². The highest BCUT2D eigenvalue weighted by atomic mass is 35.5. The molecule has 0 atom stereocenters. The molecule has 2 N–H and O–H groups in total. The number of carbonyl (C=O) groups is 2. The van der Waals surface area contributed by atoms with Gasteiger partial charge in [-0.3, -0.25) is 4.79 Å². The lowest BCUT2D eigenvalue weighted by Crippen LogP contribution is -2.44. The Kier molecular flexibility index (Phi) is 9.02. The molecule has 0 spiro atoms. The van der Waals surface area contributed by atoms with E-state index in [-0.39, 0.29) is 11.9 Å². The van der Waals surface area contributed by atoms with Crippen LogP contribution in [0.1, 0.15) is 28.8 Å². The van der Waals surface area contributed by atoms with Crippen LogP contribution in [0, 0.1) is 6.92 Å². The molecule has 0 unspecified atom stereocenters. The van der Waals surface area contributed by atoms with E-state index in [9.17, 15) is 9.59 Å². The number of carbonyl (C=O) groups excluding carboxylic acids is 2. The molecule has 2 aromatic carbocycles. The zero-order chi connectivity index (χ0) is 28.9. The number of amides is 3. The Morgan fingerprint density at radius 3 is 2.07 bits per heavy atom. The van der Waals surface area contributed by atoms with Crippen molar-refractivity contribution in [2.45, 2.75) is 25.8 Å². The van der Waals surface area contributed by atoms with E-state index in [0.29, 0.717) is 47.2 Å². The molecule has 2 aliphatic rings. The summed E-state index contributed by atoms with van der Waals surface area (Å²) in [4.78, 5) is 41.1. The lowest BCUT2D eigenvalue weighted by molar-refractivity contribution is 0.0663. The van der Waals surface area contributed by atoms with Crippen molar-refractivity contribution in [3.05, 3.63) is 64.8 Å². The summed E-state index contributed by atoms with van der Waals surface area (Å²) in [6.07, 6.45) is 1.95. The van der Waals surface area contributed by atoms with Gasteiger partial charge in [-0.15, -0.1) is 0 Å². The molecule has 5 rings (SSSR count). The Bertz CT molecular complexity index is 1370. The summed E-state index contributed by atoms with van der Waals surface area (Å²) < 4.78 is 5.46. The fraction of sp³-hybridized carbons (Fsp3) is 0.400. The molecule has 216 valence electrons. The summed E-state index contributed by atoms with van der Waals surface area (Å²) in [5.74, 6) is 1.36. The first kappa shape index (κ1) is 28.8. The molecule has 3 heterocycles. The number of aromatic nitrogens is 2. The number of halogens is 1.